The van der Waals surface area contributed by atoms with Gasteiger partial charge in [0.15, 0.2) is 11.5 Å². The maximum Gasteiger partial charge on any atom is 0.321 e. The van der Waals surface area contributed by atoms with Gasteiger partial charge in [-0.2, -0.15) is 9.97 Å². The Morgan fingerprint density at radius 2 is 2.16 bits per heavy atom. The molecule has 4 rings (SSSR count). The van der Waals surface area contributed by atoms with Crippen molar-refractivity contribution >= 4 is 47.1 Å². The number of fused-ring (bicyclic) bond motifs is 2. The first kappa shape index (κ1) is 17.5. The van der Waals surface area contributed by atoms with Crippen LogP contribution in [0.1, 0.15) is 12.5 Å². The van der Waals surface area contributed by atoms with Gasteiger partial charge in [0.05, 0.1) is 25.1 Å². The van der Waals surface area contributed by atoms with Gasteiger partial charge in [0.1, 0.15) is 11.6 Å². The number of hydrogen-bond donors (Lipinski definition) is 5. The van der Waals surface area contributed by atoms with Gasteiger partial charge >= 0.3 is 6.72 Å². The zero-order chi connectivity index (χ0) is 18.1. The number of halogens is 1. The lowest BCUT2D eigenvalue weighted by molar-refractivity contribution is -0.0284. The summed E-state index contributed by atoms with van der Waals surface area (Å²) in [6.07, 6.45) is -0.245. The highest BCUT2D eigenvalue weighted by atomic mass is 35.5. The quantitative estimate of drug-likeness (QED) is 0.332. The zero-order valence-electron chi connectivity index (χ0n) is 12.6. The van der Waals surface area contributed by atoms with E-state index < -0.39 is 30.4 Å². The third-order valence-electron chi connectivity index (χ3n) is 5.10. The van der Waals surface area contributed by atoms with E-state index in [1.165, 1.54) is 6.33 Å². The minimum Gasteiger partial charge on any atom is -0.390 e. The molecule has 10 nitrogen and oxygen atoms in total. The van der Waals surface area contributed by atoms with Crippen LogP contribution in [0.3, 0.4) is 0 Å². The van der Waals surface area contributed by atoms with E-state index in [0.717, 1.165) is 0 Å². The maximum absolute atomic E-state index is 10.5. The van der Waals surface area contributed by atoms with Crippen LogP contribution < -0.4 is 5.73 Å². The smallest absolute Gasteiger partial charge is 0.321 e. The number of imidazole rings is 1. The second-order valence-corrected chi connectivity index (χ2v) is 9.44. The van der Waals surface area contributed by atoms with Gasteiger partial charge in [0.2, 0.25) is 5.28 Å². The van der Waals surface area contributed by atoms with Crippen molar-refractivity contribution in [2.45, 2.75) is 24.7 Å². The Kier molecular flexibility index (Phi) is 3.88. The van der Waals surface area contributed by atoms with Gasteiger partial charge in [-0.25, -0.2) is 4.98 Å². The Morgan fingerprint density at radius 3 is 2.84 bits per heavy atom. The summed E-state index contributed by atoms with van der Waals surface area (Å²) in [6, 6.07) is -0.538. The SMILES string of the molecule is Nc1nc(Cl)nc2c1ncn2[C@H]1[C@H](O)[C@H](O)C2(COP(O)(O)=S)C[C@H]12. The number of aromatic nitrogens is 4. The number of rotatable bonds is 4. The average molecular weight is 408 g/mol. The van der Waals surface area contributed by atoms with Crippen molar-refractivity contribution in [3.63, 3.8) is 0 Å². The van der Waals surface area contributed by atoms with Crippen molar-refractivity contribution in [2.75, 3.05) is 12.3 Å². The fraction of sp³-hybridized carbons (Fsp3) is 0.583. The predicted octanol–water partition coefficient (Wildman–Crippen LogP) is -0.430. The molecule has 2 aliphatic rings. The first-order valence-corrected chi connectivity index (χ1v) is 10.4. The van der Waals surface area contributed by atoms with Crippen molar-refractivity contribution < 1.29 is 24.5 Å². The Labute approximate surface area is 151 Å². The summed E-state index contributed by atoms with van der Waals surface area (Å²) in [5.74, 6) is -0.0557. The van der Waals surface area contributed by atoms with Crippen LogP contribution in [-0.4, -0.2) is 58.3 Å². The molecule has 0 aliphatic heterocycles. The van der Waals surface area contributed by atoms with E-state index >= 15 is 0 Å². The Morgan fingerprint density at radius 1 is 1.44 bits per heavy atom. The monoisotopic (exact) mass is 407 g/mol. The molecule has 1 unspecified atom stereocenters. The second kappa shape index (κ2) is 5.54. The van der Waals surface area contributed by atoms with Crippen molar-refractivity contribution in [2.24, 2.45) is 11.3 Å². The molecule has 13 heteroatoms. The summed E-state index contributed by atoms with van der Waals surface area (Å²) in [7, 11) is 0. The van der Waals surface area contributed by atoms with E-state index in [-0.39, 0.29) is 23.6 Å². The van der Waals surface area contributed by atoms with Crippen LogP contribution in [0.4, 0.5) is 5.82 Å². The van der Waals surface area contributed by atoms with Crippen molar-refractivity contribution in [3.05, 3.63) is 11.6 Å². The van der Waals surface area contributed by atoms with Crippen LogP contribution in [0.2, 0.25) is 5.28 Å². The molecule has 5 atom stereocenters. The average Bonchev–Trinajstić information content (AvgIpc) is 3.01. The highest BCUT2D eigenvalue weighted by Gasteiger charge is 2.71. The third-order valence-corrected chi connectivity index (χ3v) is 6.05. The molecule has 2 aromatic heterocycles. The summed E-state index contributed by atoms with van der Waals surface area (Å²) in [5.41, 5.74) is 5.70. The number of nitrogens with two attached hydrogens (primary N) is 1. The minimum atomic E-state index is -3.85. The lowest BCUT2D eigenvalue weighted by Crippen LogP contribution is -2.35. The summed E-state index contributed by atoms with van der Waals surface area (Å²) in [4.78, 5) is 30.7. The van der Waals surface area contributed by atoms with Gasteiger partial charge in [-0.1, -0.05) is 0 Å². The highest BCUT2D eigenvalue weighted by Crippen LogP contribution is 2.68. The molecule has 2 saturated carbocycles. The molecule has 0 aromatic carbocycles. The van der Waals surface area contributed by atoms with Gasteiger partial charge in [0, 0.05) is 5.41 Å². The van der Waals surface area contributed by atoms with E-state index in [2.05, 4.69) is 26.8 Å². The minimum absolute atomic E-state index is 0.0496. The molecular weight excluding hydrogens is 393 g/mol. The number of nitrogens with zero attached hydrogens (tertiary/aromatic N) is 4. The molecule has 2 aliphatic carbocycles. The molecule has 2 aromatic rings. The van der Waals surface area contributed by atoms with Crippen LogP contribution in [0.5, 0.6) is 0 Å². The topological polar surface area (TPSA) is 160 Å². The Balaban J connectivity index is 1.70. The summed E-state index contributed by atoms with van der Waals surface area (Å²) < 4.78 is 6.55. The standard InChI is InChI=1S/C12H15ClN5O5PS/c13-11-16-9(14)5-10(17-11)18(3-15-5)6-4-1-12(4,8(20)7(6)19)2-23-24(21,22)25/h3-4,6-8,19-20H,1-2H2,(H2,14,16,17)(H2,21,22,25)/t4-,6-,7+,8+,12?/m1/s1. The van der Waals surface area contributed by atoms with E-state index in [4.69, 9.17) is 21.9 Å². The molecular formula is C12H15ClN5O5PS. The molecule has 6 N–H and O–H groups in total. The molecule has 2 heterocycles. The highest BCUT2D eigenvalue weighted by molar-refractivity contribution is 8.06. The molecule has 136 valence electrons. The Hall–Kier alpha value is -0.910. The number of hydrogen-bond acceptors (Lipinski definition) is 8. The molecule has 25 heavy (non-hydrogen) atoms. The molecule has 0 saturated heterocycles. The van der Waals surface area contributed by atoms with Gasteiger partial charge < -0.3 is 34.8 Å². The molecule has 0 bridgehead atoms. The zero-order valence-corrected chi connectivity index (χ0v) is 15.1. The summed E-state index contributed by atoms with van der Waals surface area (Å²) >= 11 is 10.3. The fourth-order valence-electron chi connectivity index (χ4n) is 3.86. The first-order chi connectivity index (χ1) is 11.6. The van der Waals surface area contributed by atoms with Gasteiger partial charge in [0.25, 0.3) is 0 Å². The number of aliphatic hydroxyl groups excluding tert-OH is 2. The van der Waals surface area contributed by atoms with Gasteiger partial charge in [-0.05, 0) is 35.7 Å². The molecule has 0 amide bonds. The molecule has 0 radical (unpaired) electrons. The summed E-state index contributed by atoms with van der Waals surface area (Å²) in [6.45, 7) is -4.00. The van der Waals surface area contributed by atoms with Crippen molar-refractivity contribution in [1.29, 1.82) is 0 Å². The normalized spacial score (nSPS) is 34.4. The predicted molar refractivity (Wildman–Crippen MR) is 91.0 cm³/mol. The molecule has 0 spiro atoms. The van der Waals surface area contributed by atoms with Crippen LogP contribution in [0, 0.1) is 11.3 Å². The van der Waals surface area contributed by atoms with Crippen LogP contribution in [-0.2, 0) is 16.3 Å². The lowest BCUT2D eigenvalue weighted by atomic mass is 10.0. The van der Waals surface area contributed by atoms with E-state index in [1.807, 2.05) is 0 Å². The van der Waals surface area contributed by atoms with Gasteiger partial charge in [-0.15, -0.1) is 0 Å². The van der Waals surface area contributed by atoms with Crippen LogP contribution >= 0.6 is 18.3 Å². The maximum atomic E-state index is 10.5. The number of anilines is 1. The summed E-state index contributed by atoms with van der Waals surface area (Å²) in [5, 5.41) is 20.9. The molecule has 2 fully saturated rings. The van der Waals surface area contributed by atoms with Gasteiger partial charge in [-0.3, -0.25) is 0 Å². The van der Waals surface area contributed by atoms with Crippen molar-refractivity contribution in [1.82, 2.24) is 19.5 Å². The van der Waals surface area contributed by atoms with Crippen LogP contribution in [0.25, 0.3) is 11.2 Å². The second-order valence-electron chi connectivity index (χ2n) is 6.44. The fourth-order valence-corrected chi connectivity index (χ4v) is 4.60. The number of nitrogen functional groups attached to an aromatic ring is 1. The largest absolute Gasteiger partial charge is 0.390 e. The van der Waals surface area contributed by atoms with E-state index in [1.54, 1.807) is 4.57 Å². The lowest BCUT2D eigenvalue weighted by Gasteiger charge is -2.24. The first-order valence-electron chi connectivity index (χ1n) is 7.36. The van der Waals surface area contributed by atoms with E-state index in [0.29, 0.717) is 17.6 Å². The van der Waals surface area contributed by atoms with E-state index in [9.17, 15) is 20.0 Å². The Bertz CT molecular complexity index is 907. The number of aliphatic hydroxyl groups is 2. The van der Waals surface area contributed by atoms with Crippen LogP contribution in [0.15, 0.2) is 6.33 Å². The third kappa shape index (κ3) is 2.66. The van der Waals surface area contributed by atoms with Crippen molar-refractivity contribution in [3.8, 4) is 0 Å².